The van der Waals surface area contributed by atoms with Gasteiger partial charge in [0.1, 0.15) is 5.58 Å². The molecule has 0 saturated heterocycles. The van der Waals surface area contributed by atoms with Crippen LogP contribution >= 0.6 is 0 Å². The topological polar surface area (TPSA) is 20.8 Å². The van der Waals surface area contributed by atoms with Crippen molar-refractivity contribution in [2.75, 3.05) is 4.90 Å². The molecule has 0 aliphatic heterocycles. The van der Waals surface area contributed by atoms with Crippen LogP contribution in [0.3, 0.4) is 0 Å². The van der Waals surface area contributed by atoms with E-state index in [0.717, 1.165) is 33.3 Å². The number of aromatic nitrogens is 1. The zero-order valence-electron chi connectivity index (χ0n) is 26.6. The minimum atomic E-state index is -0.122. The van der Waals surface area contributed by atoms with E-state index in [4.69, 9.17) is 4.42 Å². The molecule has 0 aliphatic carbocycles. The standard InChI is InChI=1S/C44H32N2O/c1-44(2,3)36-24-23-27-13-4-5-14-29(27)42(36)45(39-21-12-18-33-32-17-8-11-22-40(32)47-43(33)39)28-25-34-30-15-6-9-19-37(30)46-38-20-10-7-16-31(38)35(26-28)41(34)46/h4-26H,1-3H3. The molecule has 3 heteroatoms. The molecule has 0 bridgehead atoms. The number of hydrogen-bond donors (Lipinski definition) is 0. The quantitative estimate of drug-likeness (QED) is 0.200. The minimum absolute atomic E-state index is 0.122. The van der Waals surface area contributed by atoms with E-state index in [9.17, 15) is 0 Å². The lowest BCUT2D eigenvalue weighted by Gasteiger charge is -2.33. The molecule has 0 atom stereocenters. The Bertz CT molecular complexity index is 2760. The van der Waals surface area contributed by atoms with Crippen LogP contribution in [0.15, 0.2) is 144 Å². The number of furan rings is 1. The van der Waals surface area contributed by atoms with Crippen LogP contribution in [0.2, 0.25) is 0 Å². The smallest absolute Gasteiger partial charge is 0.159 e. The van der Waals surface area contributed by atoms with Gasteiger partial charge in [0.05, 0.1) is 27.9 Å². The van der Waals surface area contributed by atoms with E-state index in [0.29, 0.717) is 0 Å². The highest BCUT2D eigenvalue weighted by Crippen LogP contribution is 2.50. The third-order valence-corrected chi connectivity index (χ3v) is 10.0. The molecule has 3 heterocycles. The average Bonchev–Trinajstić information content (AvgIpc) is 3.75. The Balaban J connectivity index is 1.41. The molecule has 10 rings (SSSR count). The summed E-state index contributed by atoms with van der Waals surface area (Å²) in [7, 11) is 0. The van der Waals surface area contributed by atoms with Gasteiger partial charge >= 0.3 is 0 Å². The summed E-state index contributed by atoms with van der Waals surface area (Å²) in [6.07, 6.45) is 0. The fraction of sp³-hybridized carbons (Fsp3) is 0.0909. The van der Waals surface area contributed by atoms with Gasteiger partial charge in [0.25, 0.3) is 0 Å². The van der Waals surface area contributed by atoms with E-state index >= 15 is 0 Å². The normalized spacial score (nSPS) is 12.6. The van der Waals surface area contributed by atoms with E-state index in [-0.39, 0.29) is 5.41 Å². The van der Waals surface area contributed by atoms with Gasteiger partial charge in [-0.2, -0.15) is 0 Å². The molecule has 3 nitrogen and oxygen atoms in total. The number of para-hydroxylation sites is 4. The maximum atomic E-state index is 6.77. The summed E-state index contributed by atoms with van der Waals surface area (Å²) in [5, 5.41) is 9.70. The van der Waals surface area contributed by atoms with Crippen molar-refractivity contribution in [1.82, 2.24) is 4.40 Å². The lowest BCUT2D eigenvalue weighted by Crippen LogP contribution is -2.19. The number of rotatable bonds is 3. The van der Waals surface area contributed by atoms with Crippen LogP contribution < -0.4 is 4.90 Å². The van der Waals surface area contributed by atoms with E-state index in [2.05, 4.69) is 164 Å². The van der Waals surface area contributed by atoms with Gasteiger partial charge < -0.3 is 13.7 Å². The van der Waals surface area contributed by atoms with Crippen molar-refractivity contribution in [1.29, 1.82) is 0 Å². The number of hydrogen-bond acceptors (Lipinski definition) is 2. The molecule has 0 radical (unpaired) electrons. The van der Waals surface area contributed by atoms with Crippen LogP contribution in [-0.4, -0.2) is 4.40 Å². The van der Waals surface area contributed by atoms with Crippen LogP contribution in [0.25, 0.3) is 70.8 Å². The fourth-order valence-electron chi connectivity index (χ4n) is 7.96. The van der Waals surface area contributed by atoms with Gasteiger partial charge in [0.15, 0.2) is 5.58 Å². The highest BCUT2D eigenvalue weighted by Gasteiger charge is 2.29. The molecular weight excluding hydrogens is 572 g/mol. The van der Waals surface area contributed by atoms with Gasteiger partial charge in [-0.15, -0.1) is 0 Å². The zero-order valence-corrected chi connectivity index (χ0v) is 26.6. The first-order valence-corrected chi connectivity index (χ1v) is 16.4. The summed E-state index contributed by atoms with van der Waals surface area (Å²) < 4.78 is 9.21. The number of benzene rings is 7. The molecule has 0 spiro atoms. The number of anilines is 3. The summed E-state index contributed by atoms with van der Waals surface area (Å²) in [4.78, 5) is 2.48. The van der Waals surface area contributed by atoms with Gasteiger partial charge in [0.2, 0.25) is 0 Å². The highest BCUT2D eigenvalue weighted by atomic mass is 16.3. The molecule has 10 aromatic rings. The van der Waals surface area contributed by atoms with E-state index in [1.807, 2.05) is 6.07 Å². The summed E-state index contributed by atoms with van der Waals surface area (Å²) in [5.41, 5.74) is 10.0. The lowest BCUT2D eigenvalue weighted by molar-refractivity contribution is 0.591. The Kier molecular flexibility index (Phi) is 5.27. The highest BCUT2D eigenvalue weighted by molar-refractivity contribution is 6.25. The van der Waals surface area contributed by atoms with E-state index in [1.54, 1.807) is 0 Å². The predicted octanol–water partition coefficient (Wildman–Crippen LogP) is 12.7. The van der Waals surface area contributed by atoms with Crippen LogP contribution in [0.4, 0.5) is 17.1 Å². The fourth-order valence-corrected chi connectivity index (χ4v) is 7.96. The molecule has 0 unspecified atom stereocenters. The third-order valence-electron chi connectivity index (χ3n) is 10.0. The first-order valence-electron chi connectivity index (χ1n) is 16.4. The molecule has 7 aromatic carbocycles. The third kappa shape index (κ3) is 3.63. The Labute approximate surface area is 272 Å². The molecule has 0 fully saturated rings. The first kappa shape index (κ1) is 26.4. The van der Waals surface area contributed by atoms with Gasteiger partial charge in [-0.3, -0.25) is 0 Å². The van der Waals surface area contributed by atoms with Crippen molar-refractivity contribution in [3.8, 4) is 0 Å². The summed E-state index contributed by atoms with van der Waals surface area (Å²) in [6, 6.07) is 50.7. The second-order valence-corrected chi connectivity index (χ2v) is 13.8. The molecule has 0 N–H and O–H groups in total. The molecule has 224 valence electrons. The van der Waals surface area contributed by atoms with Crippen molar-refractivity contribution < 1.29 is 4.42 Å². The van der Waals surface area contributed by atoms with Crippen molar-refractivity contribution in [3.63, 3.8) is 0 Å². The Morgan fingerprint density at radius 1 is 0.532 bits per heavy atom. The molecular formula is C44H32N2O. The van der Waals surface area contributed by atoms with Crippen molar-refractivity contribution in [3.05, 3.63) is 145 Å². The predicted molar refractivity (Wildman–Crippen MR) is 199 cm³/mol. The minimum Gasteiger partial charge on any atom is -0.454 e. The molecule has 0 saturated carbocycles. The zero-order chi connectivity index (χ0) is 31.4. The maximum Gasteiger partial charge on any atom is 0.159 e. The number of fused-ring (bicyclic) bond motifs is 10. The summed E-state index contributed by atoms with van der Waals surface area (Å²) >= 11 is 0. The SMILES string of the molecule is CC(C)(C)c1ccc2ccccc2c1N(c1cc2c3ccccc3n3c4ccccc4c(c1)c23)c1cccc2c1oc1ccccc12. The first-order chi connectivity index (χ1) is 23.0. The van der Waals surface area contributed by atoms with Gasteiger partial charge in [-0.05, 0) is 52.8 Å². The van der Waals surface area contributed by atoms with Crippen molar-refractivity contribution in [2.24, 2.45) is 0 Å². The second-order valence-electron chi connectivity index (χ2n) is 13.8. The summed E-state index contributed by atoms with van der Waals surface area (Å²) in [5.74, 6) is 0. The van der Waals surface area contributed by atoms with Crippen LogP contribution in [-0.2, 0) is 5.41 Å². The molecule has 0 amide bonds. The van der Waals surface area contributed by atoms with Gasteiger partial charge in [-0.1, -0.05) is 124 Å². The monoisotopic (exact) mass is 604 g/mol. The molecule has 3 aromatic heterocycles. The van der Waals surface area contributed by atoms with Crippen LogP contribution in [0, 0.1) is 0 Å². The largest absolute Gasteiger partial charge is 0.454 e. The Morgan fingerprint density at radius 3 is 1.83 bits per heavy atom. The van der Waals surface area contributed by atoms with Gasteiger partial charge in [0, 0.05) is 43.4 Å². The van der Waals surface area contributed by atoms with Crippen molar-refractivity contribution in [2.45, 2.75) is 26.2 Å². The molecule has 47 heavy (non-hydrogen) atoms. The van der Waals surface area contributed by atoms with E-state index < -0.39 is 0 Å². The molecule has 0 aliphatic rings. The maximum absolute atomic E-state index is 6.77. The summed E-state index contributed by atoms with van der Waals surface area (Å²) in [6.45, 7) is 6.94. The second kappa shape index (κ2) is 9.37. The van der Waals surface area contributed by atoms with Crippen LogP contribution in [0.1, 0.15) is 26.3 Å². The van der Waals surface area contributed by atoms with Crippen molar-refractivity contribution >= 4 is 87.9 Å². The average molecular weight is 605 g/mol. The van der Waals surface area contributed by atoms with Crippen LogP contribution in [0.5, 0.6) is 0 Å². The van der Waals surface area contributed by atoms with E-state index in [1.165, 1.54) is 60.1 Å². The number of nitrogens with zero attached hydrogens (tertiary/aromatic N) is 2. The van der Waals surface area contributed by atoms with Gasteiger partial charge in [-0.25, -0.2) is 0 Å². The Morgan fingerprint density at radius 2 is 1.13 bits per heavy atom. The lowest BCUT2D eigenvalue weighted by atomic mass is 9.83. The Hall–Kier alpha value is -5.80.